The molecule has 1 unspecified atom stereocenters. The van der Waals surface area contributed by atoms with Crippen LogP contribution in [-0.2, 0) is 14.2 Å². The monoisotopic (exact) mass is 318 g/mol. The van der Waals surface area contributed by atoms with Crippen molar-refractivity contribution in [3.05, 3.63) is 46.3 Å². The number of carbonyl (C=O) groups is 1. The van der Waals surface area contributed by atoms with Gasteiger partial charge >= 0.3 is 5.97 Å². The van der Waals surface area contributed by atoms with Gasteiger partial charge in [0.2, 0.25) is 6.29 Å². The second-order valence-corrected chi connectivity index (χ2v) is 5.23. The smallest absolute Gasteiger partial charge is 0.338 e. The highest BCUT2D eigenvalue weighted by molar-refractivity contribution is 5.89. The Hall–Kier alpha value is -2.57. The second kappa shape index (κ2) is 7.62. The minimum absolute atomic E-state index is 0.0487. The average molecular weight is 318 g/mol. The van der Waals surface area contributed by atoms with E-state index >= 15 is 0 Å². The predicted molar refractivity (Wildman–Crippen MR) is 82.0 cm³/mol. The molecule has 8 heteroatoms. The van der Waals surface area contributed by atoms with E-state index in [2.05, 4.69) is 10.0 Å². The van der Waals surface area contributed by atoms with Gasteiger partial charge in [-0.05, 0) is 17.7 Å². The third kappa shape index (κ3) is 4.21. The lowest BCUT2D eigenvalue weighted by atomic mass is 10.0. The topological polar surface area (TPSA) is 117 Å². The SMILES string of the molecule is CC(=N)O[C@@H]1O[C@H](CN=[N+]=[N-])[C@H](C)C1OC(=O)c1ccccc1. The zero-order chi connectivity index (χ0) is 16.8. The number of hydrogen-bond acceptors (Lipinski definition) is 6. The molecular formula is C15H18N4O4. The van der Waals surface area contributed by atoms with E-state index in [4.69, 9.17) is 25.2 Å². The highest BCUT2D eigenvalue weighted by atomic mass is 16.7. The molecule has 1 aromatic rings. The van der Waals surface area contributed by atoms with Gasteiger partial charge in [-0.3, -0.25) is 5.41 Å². The summed E-state index contributed by atoms with van der Waals surface area (Å²) in [5, 5.41) is 10.9. The summed E-state index contributed by atoms with van der Waals surface area (Å²) in [5.41, 5.74) is 8.86. The molecule has 1 fully saturated rings. The first-order chi connectivity index (χ1) is 11.0. The molecule has 1 saturated heterocycles. The van der Waals surface area contributed by atoms with Crippen LogP contribution in [0.2, 0.25) is 0 Å². The molecule has 0 aliphatic carbocycles. The van der Waals surface area contributed by atoms with E-state index in [1.54, 1.807) is 30.3 Å². The maximum absolute atomic E-state index is 12.2. The predicted octanol–water partition coefficient (Wildman–Crippen LogP) is 2.90. The highest BCUT2D eigenvalue weighted by Crippen LogP contribution is 2.31. The maximum atomic E-state index is 12.2. The van der Waals surface area contributed by atoms with Gasteiger partial charge in [0, 0.05) is 17.8 Å². The van der Waals surface area contributed by atoms with E-state index in [1.807, 2.05) is 6.92 Å². The Morgan fingerprint density at radius 2 is 2.09 bits per heavy atom. The van der Waals surface area contributed by atoms with E-state index in [-0.39, 0.29) is 18.4 Å². The Kier molecular flexibility index (Phi) is 5.56. The Bertz CT molecular complexity index is 615. The van der Waals surface area contributed by atoms with Gasteiger partial charge in [-0.2, -0.15) is 0 Å². The average Bonchev–Trinajstić information content (AvgIpc) is 2.81. The van der Waals surface area contributed by atoms with Crippen LogP contribution in [0, 0.1) is 11.3 Å². The zero-order valence-electron chi connectivity index (χ0n) is 12.9. The number of esters is 1. The Morgan fingerprint density at radius 3 is 2.70 bits per heavy atom. The summed E-state index contributed by atoms with van der Waals surface area (Å²) < 4.78 is 16.4. The quantitative estimate of drug-likeness (QED) is 0.224. The van der Waals surface area contributed by atoms with Crippen LogP contribution in [0.3, 0.4) is 0 Å². The number of azide groups is 1. The van der Waals surface area contributed by atoms with Crippen LogP contribution in [0.15, 0.2) is 35.4 Å². The molecule has 0 aromatic heterocycles. The fraction of sp³-hybridized carbons (Fsp3) is 0.467. The van der Waals surface area contributed by atoms with Gasteiger partial charge in [0.1, 0.15) is 0 Å². The van der Waals surface area contributed by atoms with E-state index in [1.165, 1.54) is 6.92 Å². The molecule has 4 atom stereocenters. The van der Waals surface area contributed by atoms with E-state index < -0.39 is 24.5 Å². The third-order valence-corrected chi connectivity index (χ3v) is 3.55. The van der Waals surface area contributed by atoms with Gasteiger partial charge in [0.25, 0.3) is 0 Å². The highest BCUT2D eigenvalue weighted by Gasteiger charge is 2.45. The maximum Gasteiger partial charge on any atom is 0.338 e. The van der Waals surface area contributed by atoms with Crippen LogP contribution in [0.4, 0.5) is 0 Å². The molecule has 1 aliphatic heterocycles. The molecule has 1 heterocycles. The van der Waals surface area contributed by atoms with Crippen molar-refractivity contribution in [1.29, 1.82) is 5.41 Å². The van der Waals surface area contributed by atoms with E-state index in [9.17, 15) is 4.79 Å². The molecule has 0 amide bonds. The summed E-state index contributed by atoms with van der Waals surface area (Å²) in [7, 11) is 0. The normalized spacial score (nSPS) is 26.2. The Morgan fingerprint density at radius 1 is 1.39 bits per heavy atom. The molecular weight excluding hydrogens is 300 g/mol. The molecule has 1 N–H and O–H groups in total. The summed E-state index contributed by atoms with van der Waals surface area (Å²) in [5.74, 6) is -0.781. The summed E-state index contributed by atoms with van der Waals surface area (Å²) in [6.07, 6.45) is -2.03. The fourth-order valence-electron chi connectivity index (χ4n) is 2.36. The molecule has 1 aliphatic rings. The zero-order valence-corrected chi connectivity index (χ0v) is 12.9. The molecule has 122 valence electrons. The van der Waals surface area contributed by atoms with Crippen LogP contribution in [0.25, 0.3) is 10.4 Å². The van der Waals surface area contributed by atoms with Crippen molar-refractivity contribution in [2.45, 2.75) is 32.3 Å². The molecule has 0 spiro atoms. The minimum atomic E-state index is -0.894. The summed E-state index contributed by atoms with van der Waals surface area (Å²) in [4.78, 5) is 14.9. The molecule has 0 bridgehead atoms. The van der Waals surface area contributed by atoms with Crippen molar-refractivity contribution >= 4 is 11.9 Å². The van der Waals surface area contributed by atoms with Crippen molar-refractivity contribution in [3.63, 3.8) is 0 Å². The molecule has 8 nitrogen and oxygen atoms in total. The van der Waals surface area contributed by atoms with Gasteiger partial charge in [-0.15, -0.1) is 0 Å². The number of rotatable bonds is 5. The first-order valence-electron chi connectivity index (χ1n) is 7.17. The number of benzene rings is 1. The number of hydrogen-bond donors (Lipinski definition) is 1. The van der Waals surface area contributed by atoms with Crippen LogP contribution < -0.4 is 0 Å². The largest absolute Gasteiger partial charge is 0.452 e. The van der Waals surface area contributed by atoms with Gasteiger partial charge in [-0.25, -0.2) is 4.79 Å². The lowest BCUT2D eigenvalue weighted by Gasteiger charge is -2.21. The summed E-state index contributed by atoms with van der Waals surface area (Å²) in [6.45, 7) is 3.39. The number of nitrogens with zero attached hydrogens (tertiary/aromatic N) is 3. The number of carbonyl (C=O) groups excluding carboxylic acids is 1. The third-order valence-electron chi connectivity index (χ3n) is 3.55. The lowest BCUT2D eigenvalue weighted by Crippen LogP contribution is -2.34. The second-order valence-electron chi connectivity index (χ2n) is 5.23. The standard InChI is InChI=1S/C15H18N4O4/c1-9-12(8-18-19-17)22-15(21-10(2)16)13(9)23-14(20)11-6-4-3-5-7-11/h3-7,9,12-13,15-16H,8H2,1-2H3/t9-,12+,13?,15+/m0/s1. The van der Waals surface area contributed by atoms with E-state index in [0.29, 0.717) is 5.56 Å². The van der Waals surface area contributed by atoms with Crippen LogP contribution in [-0.4, -0.2) is 36.9 Å². The first-order valence-corrected chi connectivity index (χ1v) is 7.17. The minimum Gasteiger partial charge on any atom is -0.452 e. The Balaban J connectivity index is 2.13. The first kappa shape index (κ1) is 16.8. The van der Waals surface area contributed by atoms with Crippen molar-refractivity contribution in [3.8, 4) is 0 Å². The van der Waals surface area contributed by atoms with Gasteiger partial charge in [0.05, 0.1) is 18.2 Å². The van der Waals surface area contributed by atoms with Crippen LogP contribution >= 0.6 is 0 Å². The lowest BCUT2D eigenvalue weighted by molar-refractivity contribution is -0.119. The molecule has 0 radical (unpaired) electrons. The Labute approximate surface area is 133 Å². The number of nitrogens with one attached hydrogen (secondary N) is 1. The van der Waals surface area contributed by atoms with Gasteiger partial charge in [-0.1, -0.05) is 30.2 Å². The fourth-order valence-corrected chi connectivity index (χ4v) is 2.36. The van der Waals surface area contributed by atoms with Crippen molar-refractivity contribution < 1.29 is 19.0 Å². The van der Waals surface area contributed by atoms with Crippen molar-refractivity contribution in [2.24, 2.45) is 11.0 Å². The molecule has 23 heavy (non-hydrogen) atoms. The van der Waals surface area contributed by atoms with Crippen molar-refractivity contribution in [2.75, 3.05) is 6.54 Å². The molecule has 0 saturated carbocycles. The molecule has 2 rings (SSSR count). The van der Waals surface area contributed by atoms with Crippen LogP contribution in [0.1, 0.15) is 24.2 Å². The van der Waals surface area contributed by atoms with Gasteiger partial charge < -0.3 is 14.2 Å². The number of ether oxygens (including phenoxy) is 3. The van der Waals surface area contributed by atoms with Gasteiger partial charge in [0.15, 0.2) is 12.0 Å². The van der Waals surface area contributed by atoms with E-state index in [0.717, 1.165) is 0 Å². The summed E-state index contributed by atoms with van der Waals surface area (Å²) in [6, 6.07) is 8.59. The summed E-state index contributed by atoms with van der Waals surface area (Å²) >= 11 is 0. The van der Waals surface area contributed by atoms with Crippen molar-refractivity contribution in [1.82, 2.24) is 0 Å². The molecule has 1 aromatic carbocycles. The van der Waals surface area contributed by atoms with Crippen LogP contribution in [0.5, 0.6) is 0 Å².